The highest BCUT2D eigenvalue weighted by molar-refractivity contribution is 5.80. The molecule has 0 aromatic rings. The summed E-state index contributed by atoms with van der Waals surface area (Å²) in [5.41, 5.74) is 0. The average molecular weight is 931 g/mol. The molecule has 0 fully saturated rings. The zero-order valence-electron chi connectivity index (χ0n) is 44.2. The first-order valence-corrected chi connectivity index (χ1v) is 29.4. The number of rotatable bonds is 54. The van der Waals surface area contributed by atoms with Crippen LogP contribution in [0.1, 0.15) is 309 Å². The van der Waals surface area contributed by atoms with Crippen LogP contribution in [0.3, 0.4) is 0 Å². The molecule has 0 heterocycles. The molecule has 66 heavy (non-hydrogen) atoms. The van der Waals surface area contributed by atoms with Gasteiger partial charge in [0.2, 0.25) is 5.91 Å². The van der Waals surface area contributed by atoms with Crippen molar-refractivity contribution in [1.29, 1.82) is 0 Å². The predicted octanol–water partition coefficient (Wildman–Crippen LogP) is 17.2. The van der Waals surface area contributed by atoms with Crippen LogP contribution < -0.4 is 5.32 Å². The Morgan fingerprint density at radius 2 is 0.636 bits per heavy atom. The van der Waals surface area contributed by atoms with E-state index >= 15 is 0 Å². The number of amides is 1. The highest BCUT2D eigenvalue weighted by Crippen LogP contribution is 2.17. The summed E-state index contributed by atoms with van der Waals surface area (Å²) in [5, 5.41) is 44.0. The van der Waals surface area contributed by atoms with Gasteiger partial charge in [-0.2, -0.15) is 0 Å². The van der Waals surface area contributed by atoms with Crippen molar-refractivity contribution in [1.82, 2.24) is 5.32 Å². The van der Waals surface area contributed by atoms with E-state index in [1.54, 1.807) is 0 Å². The summed E-state index contributed by atoms with van der Waals surface area (Å²) >= 11 is 0. The van der Waals surface area contributed by atoms with Gasteiger partial charge < -0.3 is 25.7 Å². The normalized spacial score (nSPS) is 14.0. The van der Waals surface area contributed by atoms with Gasteiger partial charge in [0.15, 0.2) is 0 Å². The Morgan fingerprint density at radius 3 is 0.955 bits per heavy atom. The molecular formula is C60H115NO5. The summed E-state index contributed by atoms with van der Waals surface area (Å²) in [6, 6.07) is -1.01. The van der Waals surface area contributed by atoms with Crippen molar-refractivity contribution in [2.45, 2.75) is 334 Å². The van der Waals surface area contributed by atoms with Gasteiger partial charge in [-0.1, -0.05) is 269 Å². The zero-order chi connectivity index (χ0) is 48.1. The van der Waals surface area contributed by atoms with E-state index in [9.17, 15) is 25.2 Å². The lowest BCUT2D eigenvalue weighted by Crippen LogP contribution is -2.53. The van der Waals surface area contributed by atoms with Crippen LogP contribution in [0, 0.1) is 0 Å². The molecule has 6 heteroatoms. The Morgan fingerprint density at radius 1 is 0.364 bits per heavy atom. The van der Waals surface area contributed by atoms with Crippen LogP contribution in [-0.2, 0) is 4.79 Å². The van der Waals surface area contributed by atoms with E-state index in [0.717, 1.165) is 38.5 Å². The monoisotopic (exact) mass is 930 g/mol. The van der Waals surface area contributed by atoms with E-state index in [1.807, 2.05) is 0 Å². The second kappa shape index (κ2) is 54.5. The van der Waals surface area contributed by atoms with Crippen molar-refractivity contribution in [2.75, 3.05) is 6.61 Å². The molecule has 0 aromatic heterocycles. The summed E-state index contributed by atoms with van der Waals surface area (Å²) in [6.45, 7) is 4.07. The minimum atomic E-state index is -1.29. The molecule has 0 bridgehead atoms. The van der Waals surface area contributed by atoms with Gasteiger partial charge in [0.05, 0.1) is 18.8 Å². The van der Waals surface area contributed by atoms with Crippen LogP contribution in [0.4, 0.5) is 0 Å². The zero-order valence-corrected chi connectivity index (χ0v) is 44.2. The largest absolute Gasteiger partial charge is 0.394 e. The molecular weight excluding hydrogens is 815 g/mol. The number of hydrogen-bond donors (Lipinski definition) is 5. The van der Waals surface area contributed by atoms with Crippen molar-refractivity contribution in [3.8, 4) is 0 Å². The standard InChI is InChI=1S/C60H115NO5/c1-3-5-7-9-11-13-15-17-19-21-23-25-26-27-28-29-30-31-32-34-36-38-40-42-44-46-48-50-52-54-58(64)60(66)61-56(55-62)59(65)57(63)53-51-49-47-45-43-41-39-37-35-33-24-22-20-18-16-14-12-10-8-6-4-2/h27-28,37,39,45,47,56-59,62-65H,3-26,29-36,38,40-44,46,48-55H2,1-2H3,(H,61,66)/b28-27-,39-37+,47-45+. The maximum absolute atomic E-state index is 12.6. The fraction of sp³-hybridized carbons (Fsp3) is 0.883. The van der Waals surface area contributed by atoms with Crippen molar-refractivity contribution in [2.24, 2.45) is 0 Å². The van der Waals surface area contributed by atoms with Crippen LogP contribution >= 0.6 is 0 Å². The lowest BCUT2D eigenvalue weighted by Gasteiger charge is -2.27. The minimum absolute atomic E-state index is 0.361. The van der Waals surface area contributed by atoms with Crippen LogP contribution in [0.2, 0.25) is 0 Å². The average Bonchev–Trinajstić information content (AvgIpc) is 3.32. The lowest BCUT2D eigenvalue weighted by molar-refractivity contribution is -0.132. The molecule has 0 rings (SSSR count). The van der Waals surface area contributed by atoms with E-state index in [2.05, 4.69) is 55.6 Å². The van der Waals surface area contributed by atoms with Gasteiger partial charge in [0, 0.05) is 0 Å². The van der Waals surface area contributed by atoms with Gasteiger partial charge in [0.1, 0.15) is 12.2 Å². The molecule has 0 saturated heterocycles. The molecule has 0 aliphatic rings. The number of carbonyl (C=O) groups is 1. The molecule has 0 aliphatic carbocycles. The van der Waals surface area contributed by atoms with Crippen LogP contribution in [-0.4, -0.2) is 57.3 Å². The molecule has 0 aromatic carbocycles. The maximum Gasteiger partial charge on any atom is 0.249 e. The fourth-order valence-corrected chi connectivity index (χ4v) is 9.18. The number of allylic oxidation sites excluding steroid dienone is 6. The number of unbranched alkanes of at least 4 members (excludes halogenated alkanes) is 39. The first-order valence-electron chi connectivity index (χ1n) is 29.4. The predicted molar refractivity (Wildman–Crippen MR) is 288 cm³/mol. The molecule has 4 unspecified atom stereocenters. The summed E-state index contributed by atoms with van der Waals surface area (Å²) in [4.78, 5) is 12.6. The summed E-state index contributed by atoms with van der Waals surface area (Å²) in [5.74, 6) is -0.594. The Labute approximate surface area is 411 Å². The third-order valence-electron chi connectivity index (χ3n) is 13.8. The molecule has 390 valence electrons. The van der Waals surface area contributed by atoms with E-state index in [4.69, 9.17) is 0 Å². The van der Waals surface area contributed by atoms with Crippen molar-refractivity contribution in [3.63, 3.8) is 0 Å². The second-order valence-corrected chi connectivity index (χ2v) is 20.3. The van der Waals surface area contributed by atoms with E-state index in [0.29, 0.717) is 19.3 Å². The molecule has 0 saturated carbocycles. The number of nitrogens with one attached hydrogen (secondary N) is 1. The topological polar surface area (TPSA) is 110 Å². The van der Waals surface area contributed by atoms with Gasteiger partial charge in [0.25, 0.3) is 0 Å². The van der Waals surface area contributed by atoms with Gasteiger partial charge in [-0.15, -0.1) is 0 Å². The smallest absolute Gasteiger partial charge is 0.249 e. The molecule has 1 amide bonds. The van der Waals surface area contributed by atoms with Crippen LogP contribution in [0.5, 0.6) is 0 Å². The number of aliphatic hydroxyl groups excluding tert-OH is 4. The lowest BCUT2D eigenvalue weighted by atomic mass is 10.00. The Kier molecular flexibility index (Phi) is 53.3. The maximum atomic E-state index is 12.6. The number of aliphatic hydroxyl groups is 4. The Balaban J connectivity index is 3.65. The number of carbonyl (C=O) groups excluding carboxylic acids is 1. The van der Waals surface area contributed by atoms with E-state index < -0.39 is 36.9 Å². The van der Waals surface area contributed by atoms with Crippen molar-refractivity contribution in [3.05, 3.63) is 36.5 Å². The third kappa shape index (κ3) is 47.6. The first-order chi connectivity index (χ1) is 32.5. The SMILES string of the molecule is CCCCCCCCCCCCCC/C=C\CCCCCCCCCCCCCCCC(O)C(=O)NC(CO)C(O)C(O)CCC/C=C/CC/C=C/CCCCCCCCCCCCCC. The van der Waals surface area contributed by atoms with E-state index in [1.165, 1.54) is 238 Å². The van der Waals surface area contributed by atoms with Crippen molar-refractivity contribution >= 4 is 5.91 Å². The third-order valence-corrected chi connectivity index (χ3v) is 13.8. The molecule has 5 N–H and O–H groups in total. The van der Waals surface area contributed by atoms with Gasteiger partial charge in [-0.25, -0.2) is 0 Å². The fourth-order valence-electron chi connectivity index (χ4n) is 9.18. The van der Waals surface area contributed by atoms with Crippen LogP contribution in [0.15, 0.2) is 36.5 Å². The van der Waals surface area contributed by atoms with Gasteiger partial charge >= 0.3 is 0 Å². The first kappa shape index (κ1) is 64.5. The van der Waals surface area contributed by atoms with Gasteiger partial charge in [-0.3, -0.25) is 4.79 Å². The molecule has 6 nitrogen and oxygen atoms in total. The second-order valence-electron chi connectivity index (χ2n) is 20.3. The van der Waals surface area contributed by atoms with Crippen molar-refractivity contribution < 1.29 is 25.2 Å². The molecule has 0 radical (unpaired) electrons. The van der Waals surface area contributed by atoms with E-state index in [-0.39, 0.29) is 0 Å². The van der Waals surface area contributed by atoms with Gasteiger partial charge in [-0.05, 0) is 77.0 Å². The highest BCUT2D eigenvalue weighted by Gasteiger charge is 2.28. The quantitative estimate of drug-likeness (QED) is 0.0308. The molecule has 0 aliphatic heterocycles. The Bertz CT molecular complexity index is 1040. The van der Waals surface area contributed by atoms with Crippen LogP contribution in [0.25, 0.3) is 0 Å². The summed E-state index contributed by atoms with van der Waals surface area (Å²) < 4.78 is 0. The molecule has 4 atom stereocenters. The number of hydrogen-bond acceptors (Lipinski definition) is 5. The minimum Gasteiger partial charge on any atom is -0.394 e. The summed E-state index contributed by atoms with van der Waals surface area (Å²) in [6.07, 6.45) is 68.0. The highest BCUT2D eigenvalue weighted by atomic mass is 16.3. The molecule has 0 spiro atoms. The summed E-state index contributed by atoms with van der Waals surface area (Å²) in [7, 11) is 0. The Hall–Kier alpha value is -1.47.